The monoisotopic (exact) mass is 239 g/mol. The first-order valence-corrected chi connectivity index (χ1v) is 6.46. The molecule has 0 aliphatic rings. The molecule has 0 aliphatic heterocycles. The van der Waals surface area contributed by atoms with Crippen LogP contribution < -0.4 is 0 Å². The van der Waals surface area contributed by atoms with Gasteiger partial charge in [0.15, 0.2) is 9.84 Å². The maximum absolute atomic E-state index is 12.8. The van der Waals surface area contributed by atoms with Gasteiger partial charge in [0.2, 0.25) is 5.25 Å². The summed E-state index contributed by atoms with van der Waals surface area (Å²) in [6.07, 6.45) is 1.79. The highest BCUT2D eigenvalue weighted by molar-refractivity contribution is 7.92. The van der Waals surface area contributed by atoms with Crippen LogP contribution in [0.5, 0.6) is 0 Å². The lowest BCUT2D eigenvalue weighted by Crippen LogP contribution is -2.37. The van der Waals surface area contributed by atoms with Crippen molar-refractivity contribution < 1.29 is 17.2 Å². The zero-order valence-electron chi connectivity index (χ0n) is 8.83. The molecule has 0 aromatic heterocycles. The number of sulfone groups is 1. The average molecular weight is 239 g/mol. The summed E-state index contributed by atoms with van der Waals surface area (Å²) in [6, 6.07) is 1.17. The highest BCUT2D eigenvalue weighted by Crippen LogP contribution is 2.24. The van der Waals surface area contributed by atoms with Crippen molar-refractivity contribution in [3.05, 3.63) is 0 Å². The molecule has 0 radical (unpaired) electrons. The first-order chi connectivity index (χ1) is 6.75. The maximum atomic E-state index is 12.8. The third kappa shape index (κ3) is 4.56. The molecular formula is C9H15F2NO2S. The predicted molar refractivity (Wildman–Crippen MR) is 53.3 cm³/mol. The van der Waals surface area contributed by atoms with Gasteiger partial charge in [-0.15, -0.1) is 0 Å². The normalized spacial score (nSPS) is 14.6. The second-order valence-electron chi connectivity index (χ2n) is 3.54. The van der Waals surface area contributed by atoms with Crippen LogP contribution in [0.1, 0.15) is 33.1 Å². The summed E-state index contributed by atoms with van der Waals surface area (Å²) in [5, 5.41) is 6.22. The van der Waals surface area contributed by atoms with E-state index in [0.29, 0.717) is 19.8 Å². The van der Waals surface area contributed by atoms with Gasteiger partial charge in [0, 0.05) is 6.92 Å². The standard InChI is InChI=1S/C9H15F2NO2S/c1-3-4-5-6-15(13,14)8(7-12)9(2,10)11/h8H,3-6H2,1-2H3. The van der Waals surface area contributed by atoms with Gasteiger partial charge in [-0.1, -0.05) is 19.8 Å². The number of hydrogen-bond donors (Lipinski definition) is 0. The Hall–Kier alpha value is -0.700. The quantitative estimate of drug-likeness (QED) is 0.667. The molecule has 0 N–H and O–H groups in total. The molecule has 0 aromatic rings. The molecule has 3 nitrogen and oxygen atoms in total. The van der Waals surface area contributed by atoms with E-state index in [-0.39, 0.29) is 5.75 Å². The molecule has 6 heteroatoms. The summed E-state index contributed by atoms with van der Waals surface area (Å²) in [6.45, 7) is 2.33. The topological polar surface area (TPSA) is 57.9 Å². The molecule has 0 saturated carbocycles. The van der Waals surface area contributed by atoms with Gasteiger partial charge in [-0.05, 0) is 6.42 Å². The second kappa shape index (κ2) is 5.40. The number of alkyl halides is 2. The van der Waals surface area contributed by atoms with Gasteiger partial charge in [0.25, 0.3) is 5.92 Å². The van der Waals surface area contributed by atoms with Crippen molar-refractivity contribution >= 4 is 9.84 Å². The molecule has 0 saturated heterocycles. The van der Waals surface area contributed by atoms with Crippen molar-refractivity contribution in [2.24, 2.45) is 0 Å². The lowest BCUT2D eigenvalue weighted by molar-refractivity contribution is 0.0306. The summed E-state index contributed by atoms with van der Waals surface area (Å²) in [5.41, 5.74) is 0. The van der Waals surface area contributed by atoms with Crippen LogP contribution in [0.25, 0.3) is 0 Å². The Morgan fingerprint density at radius 3 is 2.27 bits per heavy atom. The highest BCUT2D eigenvalue weighted by atomic mass is 32.2. The van der Waals surface area contributed by atoms with Crippen molar-refractivity contribution in [2.45, 2.75) is 44.3 Å². The number of hydrogen-bond acceptors (Lipinski definition) is 3. The first-order valence-electron chi connectivity index (χ1n) is 4.74. The summed E-state index contributed by atoms with van der Waals surface area (Å²) < 4.78 is 48.3. The van der Waals surface area contributed by atoms with E-state index in [0.717, 1.165) is 6.42 Å². The van der Waals surface area contributed by atoms with E-state index < -0.39 is 21.0 Å². The summed E-state index contributed by atoms with van der Waals surface area (Å²) in [5.74, 6) is -3.84. The highest BCUT2D eigenvalue weighted by Gasteiger charge is 2.43. The van der Waals surface area contributed by atoms with Crippen LogP contribution in [0.3, 0.4) is 0 Å². The number of rotatable bonds is 6. The van der Waals surface area contributed by atoms with E-state index in [2.05, 4.69) is 0 Å². The molecule has 15 heavy (non-hydrogen) atoms. The number of unbranched alkanes of at least 4 members (excludes halogenated alkanes) is 2. The molecule has 88 valence electrons. The summed E-state index contributed by atoms with van der Waals surface area (Å²) in [4.78, 5) is 0. The fourth-order valence-electron chi connectivity index (χ4n) is 1.18. The minimum Gasteiger partial charge on any atom is -0.227 e. The van der Waals surface area contributed by atoms with Crippen molar-refractivity contribution in [2.75, 3.05) is 5.75 Å². The largest absolute Gasteiger partial charge is 0.275 e. The summed E-state index contributed by atoms with van der Waals surface area (Å²) >= 11 is 0. The van der Waals surface area contributed by atoms with Gasteiger partial charge in [0.05, 0.1) is 11.8 Å². The summed E-state index contributed by atoms with van der Waals surface area (Å²) in [7, 11) is -4.01. The molecule has 0 aromatic carbocycles. The third-order valence-corrected chi connectivity index (χ3v) is 4.06. The Morgan fingerprint density at radius 2 is 1.93 bits per heavy atom. The fourth-order valence-corrected chi connectivity index (χ4v) is 2.81. The van der Waals surface area contributed by atoms with Crippen LogP contribution in [0, 0.1) is 11.3 Å². The first kappa shape index (κ1) is 14.3. The lowest BCUT2D eigenvalue weighted by Gasteiger charge is -2.16. The van der Waals surface area contributed by atoms with Gasteiger partial charge >= 0.3 is 0 Å². The van der Waals surface area contributed by atoms with E-state index in [4.69, 9.17) is 5.26 Å². The van der Waals surface area contributed by atoms with Crippen LogP contribution in [0.15, 0.2) is 0 Å². The van der Waals surface area contributed by atoms with Crippen LogP contribution >= 0.6 is 0 Å². The third-order valence-electron chi connectivity index (χ3n) is 1.97. The predicted octanol–water partition coefficient (Wildman–Crippen LogP) is 2.14. The van der Waals surface area contributed by atoms with E-state index in [1.807, 2.05) is 6.92 Å². The molecule has 0 spiro atoms. The zero-order valence-corrected chi connectivity index (χ0v) is 9.65. The molecule has 1 unspecified atom stereocenters. The maximum Gasteiger partial charge on any atom is 0.275 e. The van der Waals surface area contributed by atoms with Crippen molar-refractivity contribution in [3.8, 4) is 6.07 Å². The molecular weight excluding hydrogens is 224 g/mol. The van der Waals surface area contributed by atoms with Crippen LogP contribution in [0.4, 0.5) is 8.78 Å². The molecule has 0 aliphatic carbocycles. The Morgan fingerprint density at radius 1 is 1.40 bits per heavy atom. The van der Waals surface area contributed by atoms with Crippen molar-refractivity contribution in [1.29, 1.82) is 5.26 Å². The van der Waals surface area contributed by atoms with Crippen molar-refractivity contribution in [3.63, 3.8) is 0 Å². The molecule has 0 heterocycles. The van der Waals surface area contributed by atoms with Gasteiger partial charge < -0.3 is 0 Å². The minimum absolute atomic E-state index is 0.326. The van der Waals surface area contributed by atoms with Gasteiger partial charge in [0.1, 0.15) is 0 Å². The van der Waals surface area contributed by atoms with Gasteiger partial charge in [-0.3, -0.25) is 0 Å². The smallest absolute Gasteiger partial charge is 0.227 e. The molecule has 0 rings (SSSR count). The Labute approximate surface area is 89.0 Å². The molecule has 0 fully saturated rings. The molecule has 0 bridgehead atoms. The molecule has 0 amide bonds. The zero-order chi connectivity index (χ0) is 12.1. The Bertz CT molecular complexity index is 327. The van der Waals surface area contributed by atoms with Crippen LogP contribution in [-0.4, -0.2) is 25.3 Å². The second-order valence-corrected chi connectivity index (χ2v) is 5.74. The van der Waals surface area contributed by atoms with Crippen LogP contribution in [-0.2, 0) is 9.84 Å². The Kier molecular flexibility index (Phi) is 5.15. The van der Waals surface area contributed by atoms with E-state index >= 15 is 0 Å². The minimum atomic E-state index is -4.01. The fraction of sp³-hybridized carbons (Fsp3) is 0.889. The Balaban J connectivity index is 4.64. The van der Waals surface area contributed by atoms with E-state index in [9.17, 15) is 17.2 Å². The lowest BCUT2D eigenvalue weighted by atomic mass is 10.3. The van der Waals surface area contributed by atoms with E-state index in [1.165, 1.54) is 6.07 Å². The van der Waals surface area contributed by atoms with Crippen molar-refractivity contribution in [1.82, 2.24) is 0 Å². The SMILES string of the molecule is CCCCCS(=O)(=O)C(C#N)C(C)(F)F. The van der Waals surface area contributed by atoms with Gasteiger partial charge in [-0.2, -0.15) is 5.26 Å². The van der Waals surface area contributed by atoms with Gasteiger partial charge in [-0.25, -0.2) is 17.2 Å². The number of halogens is 2. The van der Waals surface area contributed by atoms with Crippen LogP contribution in [0.2, 0.25) is 0 Å². The number of nitriles is 1. The molecule has 1 atom stereocenters. The number of nitrogens with zero attached hydrogens (tertiary/aromatic N) is 1. The average Bonchev–Trinajstić information content (AvgIpc) is 2.01. The van der Waals surface area contributed by atoms with E-state index in [1.54, 1.807) is 0 Å².